The van der Waals surface area contributed by atoms with Gasteiger partial charge in [-0.25, -0.2) is 9.78 Å². The van der Waals surface area contributed by atoms with Crippen LogP contribution in [0.3, 0.4) is 0 Å². The molecule has 1 saturated heterocycles. The predicted molar refractivity (Wildman–Crippen MR) is 89.5 cm³/mol. The van der Waals surface area contributed by atoms with Gasteiger partial charge >= 0.3 is 5.97 Å². The number of rotatable bonds is 4. The van der Waals surface area contributed by atoms with Crippen molar-refractivity contribution in [2.75, 3.05) is 38.2 Å². The molecule has 1 fully saturated rings. The molecule has 0 atom stereocenters. The number of ether oxygens (including phenoxy) is 1. The Hall–Kier alpha value is -2.40. The highest BCUT2D eigenvalue weighted by Gasteiger charge is 2.18. The van der Waals surface area contributed by atoms with Crippen molar-refractivity contribution >= 4 is 11.8 Å². The Kier molecular flexibility index (Phi) is 4.88. The number of piperazine rings is 1. The van der Waals surface area contributed by atoms with Crippen molar-refractivity contribution in [3.63, 3.8) is 0 Å². The van der Waals surface area contributed by atoms with Crippen LogP contribution in [0.2, 0.25) is 0 Å². The second-order valence-corrected chi connectivity index (χ2v) is 5.64. The lowest BCUT2D eigenvalue weighted by molar-refractivity contribution is 0.0600. The van der Waals surface area contributed by atoms with Crippen LogP contribution in [-0.4, -0.2) is 49.1 Å². The minimum Gasteiger partial charge on any atom is -0.465 e. The Bertz CT molecular complexity index is 652. The lowest BCUT2D eigenvalue weighted by Gasteiger charge is -2.35. The predicted octanol–water partition coefficient (Wildman–Crippen LogP) is 2.19. The number of nitrogens with zero attached hydrogens (tertiary/aromatic N) is 3. The van der Waals surface area contributed by atoms with Crippen LogP contribution in [0.5, 0.6) is 0 Å². The summed E-state index contributed by atoms with van der Waals surface area (Å²) in [4.78, 5) is 20.7. The first-order valence-corrected chi connectivity index (χ1v) is 7.82. The summed E-state index contributed by atoms with van der Waals surface area (Å²) in [5, 5.41) is 0. The standard InChI is InChI=1S/C18H21N3O2/c1-23-18(22)16-6-4-5-15(13-16)14-20-9-11-21(12-10-20)17-7-2-3-8-19-17/h2-8,13H,9-12,14H2,1H3. The van der Waals surface area contributed by atoms with Crippen LogP contribution in [0.25, 0.3) is 0 Å². The minimum atomic E-state index is -0.285. The number of pyridine rings is 1. The van der Waals surface area contributed by atoms with E-state index in [2.05, 4.69) is 26.9 Å². The Balaban J connectivity index is 1.58. The van der Waals surface area contributed by atoms with E-state index < -0.39 is 0 Å². The van der Waals surface area contributed by atoms with Gasteiger partial charge in [-0.2, -0.15) is 0 Å². The number of esters is 1. The van der Waals surface area contributed by atoms with Gasteiger partial charge in [0.05, 0.1) is 12.7 Å². The Morgan fingerprint density at radius 3 is 2.65 bits per heavy atom. The van der Waals surface area contributed by atoms with Gasteiger partial charge < -0.3 is 9.64 Å². The molecule has 23 heavy (non-hydrogen) atoms. The zero-order valence-corrected chi connectivity index (χ0v) is 13.3. The first-order valence-electron chi connectivity index (χ1n) is 7.82. The van der Waals surface area contributed by atoms with E-state index in [0.29, 0.717) is 5.56 Å². The van der Waals surface area contributed by atoms with E-state index in [1.54, 1.807) is 6.07 Å². The smallest absolute Gasteiger partial charge is 0.337 e. The number of hydrogen-bond acceptors (Lipinski definition) is 5. The van der Waals surface area contributed by atoms with Crippen LogP contribution in [0, 0.1) is 0 Å². The average molecular weight is 311 g/mol. The number of anilines is 1. The minimum absolute atomic E-state index is 0.285. The van der Waals surface area contributed by atoms with Crippen LogP contribution >= 0.6 is 0 Å². The van der Waals surface area contributed by atoms with Gasteiger partial charge in [0, 0.05) is 38.9 Å². The summed E-state index contributed by atoms with van der Waals surface area (Å²) >= 11 is 0. The van der Waals surface area contributed by atoms with E-state index in [0.717, 1.165) is 44.1 Å². The lowest BCUT2D eigenvalue weighted by atomic mass is 10.1. The fraction of sp³-hybridized carbons (Fsp3) is 0.333. The molecule has 0 radical (unpaired) electrons. The third-order valence-electron chi connectivity index (χ3n) is 4.10. The third kappa shape index (κ3) is 3.87. The van der Waals surface area contributed by atoms with Gasteiger partial charge in [0.1, 0.15) is 5.82 Å². The molecule has 0 aliphatic carbocycles. The lowest BCUT2D eigenvalue weighted by Crippen LogP contribution is -2.46. The highest BCUT2D eigenvalue weighted by molar-refractivity contribution is 5.89. The number of carbonyl (C=O) groups is 1. The van der Waals surface area contributed by atoms with E-state index in [-0.39, 0.29) is 5.97 Å². The largest absolute Gasteiger partial charge is 0.465 e. The molecular formula is C18H21N3O2. The quantitative estimate of drug-likeness (QED) is 0.810. The molecule has 0 bridgehead atoms. The summed E-state index contributed by atoms with van der Waals surface area (Å²) in [5.74, 6) is 0.756. The fourth-order valence-corrected chi connectivity index (χ4v) is 2.85. The first kappa shape index (κ1) is 15.5. The second-order valence-electron chi connectivity index (χ2n) is 5.64. The molecule has 0 N–H and O–H groups in total. The van der Waals surface area contributed by atoms with Gasteiger partial charge in [-0.3, -0.25) is 4.90 Å². The summed E-state index contributed by atoms with van der Waals surface area (Å²) in [5.41, 5.74) is 1.75. The zero-order valence-electron chi connectivity index (χ0n) is 13.3. The van der Waals surface area contributed by atoms with E-state index in [1.807, 2.05) is 30.5 Å². The maximum Gasteiger partial charge on any atom is 0.337 e. The molecule has 2 heterocycles. The molecular weight excluding hydrogens is 290 g/mol. The third-order valence-corrected chi connectivity index (χ3v) is 4.10. The maximum absolute atomic E-state index is 11.6. The normalized spacial score (nSPS) is 15.4. The van der Waals surface area contributed by atoms with Crippen molar-refractivity contribution in [3.05, 3.63) is 59.8 Å². The van der Waals surface area contributed by atoms with Gasteiger partial charge in [-0.15, -0.1) is 0 Å². The van der Waals surface area contributed by atoms with Crippen molar-refractivity contribution in [3.8, 4) is 0 Å². The number of hydrogen-bond donors (Lipinski definition) is 0. The highest BCUT2D eigenvalue weighted by atomic mass is 16.5. The van der Waals surface area contributed by atoms with Gasteiger partial charge in [0.25, 0.3) is 0 Å². The summed E-state index contributed by atoms with van der Waals surface area (Å²) in [6, 6.07) is 13.7. The summed E-state index contributed by atoms with van der Waals surface area (Å²) in [6.07, 6.45) is 1.83. The second kappa shape index (κ2) is 7.24. The van der Waals surface area contributed by atoms with E-state index in [9.17, 15) is 4.79 Å². The van der Waals surface area contributed by atoms with Gasteiger partial charge in [-0.05, 0) is 29.8 Å². The maximum atomic E-state index is 11.6. The molecule has 1 aromatic carbocycles. The van der Waals surface area contributed by atoms with Crippen molar-refractivity contribution in [1.29, 1.82) is 0 Å². The Labute approximate surface area is 136 Å². The SMILES string of the molecule is COC(=O)c1cccc(CN2CCN(c3ccccn3)CC2)c1. The van der Waals surface area contributed by atoms with Crippen LogP contribution in [-0.2, 0) is 11.3 Å². The Morgan fingerprint density at radius 1 is 1.13 bits per heavy atom. The number of methoxy groups -OCH3 is 1. The van der Waals surface area contributed by atoms with E-state index in [1.165, 1.54) is 7.11 Å². The molecule has 2 aromatic rings. The first-order chi connectivity index (χ1) is 11.3. The molecule has 5 nitrogen and oxygen atoms in total. The van der Waals surface area contributed by atoms with Crippen molar-refractivity contribution in [2.45, 2.75) is 6.54 Å². The van der Waals surface area contributed by atoms with Crippen LogP contribution in [0.1, 0.15) is 15.9 Å². The summed E-state index contributed by atoms with van der Waals surface area (Å²) in [6.45, 7) is 4.75. The fourth-order valence-electron chi connectivity index (χ4n) is 2.85. The van der Waals surface area contributed by atoms with Crippen molar-refractivity contribution in [1.82, 2.24) is 9.88 Å². The molecule has 0 saturated carbocycles. The molecule has 5 heteroatoms. The monoisotopic (exact) mass is 311 g/mol. The van der Waals surface area contributed by atoms with E-state index >= 15 is 0 Å². The average Bonchev–Trinajstić information content (AvgIpc) is 2.62. The topological polar surface area (TPSA) is 45.7 Å². The molecule has 3 rings (SSSR count). The molecule has 1 aromatic heterocycles. The zero-order chi connectivity index (χ0) is 16.1. The molecule has 120 valence electrons. The molecule has 0 spiro atoms. The van der Waals surface area contributed by atoms with Crippen LogP contribution in [0.4, 0.5) is 5.82 Å². The molecule has 0 unspecified atom stereocenters. The number of benzene rings is 1. The number of carbonyl (C=O) groups excluding carboxylic acids is 1. The number of aromatic nitrogens is 1. The van der Waals surface area contributed by atoms with Crippen molar-refractivity contribution in [2.24, 2.45) is 0 Å². The van der Waals surface area contributed by atoms with Crippen LogP contribution in [0.15, 0.2) is 48.7 Å². The summed E-state index contributed by atoms with van der Waals surface area (Å²) < 4.78 is 4.78. The summed E-state index contributed by atoms with van der Waals surface area (Å²) in [7, 11) is 1.41. The molecule has 0 amide bonds. The molecule has 1 aliphatic heterocycles. The molecule has 1 aliphatic rings. The van der Waals surface area contributed by atoms with Gasteiger partial charge in [0.2, 0.25) is 0 Å². The van der Waals surface area contributed by atoms with E-state index in [4.69, 9.17) is 4.74 Å². The van der Waals surface area contributed by atoms with Crippen molar-refractivity contribution < 1.29 is 9.53 Å². The Morgan fingerprint density at radius 2 is 1.96 bits per heavy atom. The van der Waals surface area contributed by atoms with Gasteiger partial charge in [-0.1, -0.05) is 18.2 Å². The van der Waals surface area contributed by atoms with Gasteiger partial charge in [0.15, 0.2) is 0 Å². The highest BCUT2D eigenvalue weighted by Crippen LogP contribution is 2.15. The van der Waals surface area contributed by atoms with Crippen LogP contribution < -0.4 is 4.90 Å².